The number of hydrogen-bond donors (Lipinski definition) is 0. The molecule has 1 aliphatic heterocycles. The first-order valence-electron chi connectivity index (χ1n) is 7.03. The van der Waals surface area contributed by atoms with Gasteiger partial charge < -0.3 is 4.90 Å². The second-order valence-electron chi connectivity index (χ2n) is 5.51. The molecule has 1 unspecified atom stereocenters. The molecule has 0 aliphatic carbocycles. The molecule has 1 aromatic carbocycles. The molecule has 0 saturated carbocycles. The van der Waals surface area contributed by atoms with E-state index in [0.29, 0.717) is 12.1 Å². The van der Waals surface area contributed by atoms with Gasteiger partial charge in [0, 0.05) is 26.0 Å². The van der Waals surface area contributed by atoms with Crippen LogP contribution in [0.25, 0.3) is 0 Å². The number of hydrogen-bond acceptors (Lipinski definition) is 4. The van der Waals surface area contributed by atoms with Crippen LogP contribution in [0.5, 0.6) is 0 Å². The van der Waals surface area contributed by atoms with Crippen molar-refractivity contribution in [2.24, 2.45) is 0 Å². The summed E-state index contributed by atoms with van der Waals surface area (Å²) in [6, 6.07) is 0.707. The van der Waals surface area contributed by atoms with Crippen molar-refractivity contribution < 1.29 is 22.0 Å². The lowest BCUT2D eigenvalue weighted by molar-refractivity contribution is -0.137. The highest BCUT2D eigenvalue weighted by Gasteiger charge is 2.42. The van der Waals surface area contributed by atoms with E-state index in [1.165, 1.54) is 9.91 Å². The zero-order valence-electron chi connectivity index (χ0n) is 13.6. The summed E-state index contributed by atoms with van der Waals surface area (Å²) in [6.07, 6.45) is -4.65. The van der Waals surface area contributed by atoms with Crippen LogP contribution in [0.15, 0.2) is 23.0 Å². The molecular weight excluding hydrogens is 444 g/mol. The molecule has 1 aromatic rings. The largest absolute Gasteiger partial charge is 0.416 e. The smallest absolute Gasteiger partial charge is 0.362 e. The molecule has 0 N–H and O–H groups in total. The third kappa shape index (κ3) is 4.11. The first kappa shape index (κ1) is 21.7. The Balaban J connectivity index is 2.65. The topological polar surface area (TPSA) is 9.72 Å². The van der Waals surface area contributed by atoms with Crippen molar-refractivity contribution in [2.75, 3.05) is 19.1 Å². The van der Waals surface area contributed by atoms with Crippen molar-refractivity contribution in [3.05, 3.63) is 38.6 Å². The summed E-state index contributed by atoms with van der Waals surface area (Å²) in [4.78, 5) is 1.54. The van der Waals surface area contributed by atoms with Gasteiger partial charge in [-0.15, -0.1) is 4.41 Å². The molecule has 26 heavy (non-hydrogen) atoms. The Kier molecular flexibility index (Phi) is 6.50. The summed E-state index contributed by atoms with van der Waals surface area (Å²) in [7, 11) is 3.22. The number of halogens is 8. The van der Waals surface area contributed by atoms with Crippen LogP contribution in [0.1, 0.15) is 12.5 Å². The van der Waals surface area contributed by atoms with Gasteiger partial charge in [0.15, 0.2) is 0 Å². The van der Waals surface area contributed by atoms with Crippen molar-refractivity contribution >= 4 is 52.4 Å². The minimum absolute atomic E-state index is 0.0688. The molecular formula is C14H13Cl3F5N3S. The summed E-state index contributed by atoms with van der Waals surface area (Å²) >= 11 is 18.6. The monoisotopic (exact) mass is 455 g/mol. The molecule has 0 radical (unpaired) electrons. The van der Waals surface area contributed by atoms with Gasteiger partial charge in [0.05, 0.1) is 32.4 Å². The summed E-state index contributed by atoms with van der Waals surface area (Å²) < 4.78 is 66.0. The molecule has 1 aliphatic rings. The second kappa shape index (κ2) is 7.79. The molecule has 146 valence electrons. The second-order valence-corrected chi connectivity index (χ2v) is 7.67. The van der Waals surface area contributed by atoms with E-state index >= 15 is 0 Å². The fraction of sp³-hybridized carbons (Fsp3) is 0.429. The molecule has 1 atom stereocenters. The summed E-state index contributed by atoms with van der Waals surface area (Å²) in [6.45, 7) is 1.58. The summed E-state index contributed by atoms with van der Waals surface area (Å²) in [5.74, 6) is -2.52. The molecule has 0 spiro atoms. The highest BCUT2D eigenvalue weighted by atomic mass is 35.5. The lowest BCUT2D eigenvalue weighted by Gasteiger charge is -2.35. The Hall–Kier alpha value is -0.610. The molecule has 0 bridgehead atoms. The van der Waals surface area contributed by atoms with E-state index in [-0.39, 0.29) is 38.5 Å². The van der Waals surface area contributed by atoms with Gasteiger partial charge >= 0.3 is 6.18 Å². The van der Waals surface area contributed by atoms with Gasteiger partial charge in [-0.2, -0.15) is 22.0 Å². The minimum atomic E-state index is -4.65. The molecule has 0 fully saturated rings. The predicted octanol–water partition coefficient (Wildman–Crippen LogP) is 6.28. The van der Waals surface area contributed by atoms with E-state index in [9.17, 15) is 22.0 Å². The van der Waals surface area contributed by atoms with Crippen LogP contribution in [0.4, 0.5) is 27.6 Å². The van der Waals surface area contributed by atoms with Crippen LogP contribution in [0.3, 0.4) is 0 Å². The van der Waals surface area contributed by atoms with Gasteiger partial charge in [0.25, 0.3) is 5.76 Å². The summed E-state index contributed by atoms with van der Waals surface area (Å²) in [5.41, 5.74) is -1.11. The van der Waals surface area contributed by atoms with Crippen molar-refractivity contribution in [1.29, 1.82) is 0 Å². The fourth-order valence-corrected chi connectivity index (χ4v) is 4.16. The van der Waals surface area contributed by atoms with E-state index in [1.807, 2.05) is 0 Å². The van der Waals surface area contributed by atoms with E-state index in [4.69, 9.17) is 34.8 Å². The lowest BCUT2D eigenvalue weighted by Crippen LogP contribution is -2.40. The molecule has 2 rings (SSSR count). The van der Waals surface area contributed by atoms with Gasteiger partial charge in [-0.3, -0.25) is 0 Å². The number of nitrogens with zero attached hydrogens (tertiary/aromatic N) is 3. The van der Waals surface area contributed by atoms with Crippen LogP contribution >= 0.6 is 46.8 Å². The Morgan fingerprint density at radius 2 is 1.62 bits per heavy atom. The predicted molar refractivity (Wildman–Crippen MR) is 95.4 cm³/mol. The Morgan fingerprint density at radius 1 is 1.12 bits per heavy atom. The van der Waals surface area contributed by atoms with Gasteiger partial charge in [-0.05, 0) is 19.1 Å². The highest BCUT2D eigenvalue weighted by molar-refractivity contribution is 7.97. The molecule has 0 amide bonds. The quantitative estimate of drug-likeness (QED) is 0.389. The highest BCUT2D eigenvalue weighted by Crippen LogP contribution is 2.48. The van der Waals surface area contributed by atoms with E-state index in [1.54, 1.807) is 21.0 Å². The number of rotatable bonds is 4. The van der Waals surface area contributed by atoms with Gasteiger partial charge in [0.1, 0.15) is 5.82 Å². The Bertz CT molecular complexity index is 703. The molecule has 3 nitrogen and oxygen atoms in total. The normalized spacial score (nSPS) is 19.1. The molecule has 1 heterocycles. The standard InChI is InChI=1S/C14H13Cl3F5N3S/c1-6-10(17)12(23(2)3)24(25(6)26-13(18)19)11-8(15)4-7(5-9(11)16)14(20,21)22/h4-6,13H,1-3H3. The number of anilines is 1. The molecule has 0 aromatic heterocycles. The van der Waals surface area contributed by atoms with Crippen LogP contribution in [0.2, 0.25) is 10.0 Å². The van der Waals surface area contributed by atoms with Crippen LogP contribution < -0.4 is 5.01 Å². The Labute approximate surface area is 166 Å². The van der Waals surface area contributed by atoms with Crippen molar-refractivity contribution in [3.8, 4) is 0 Å². The van der Waals surface area contributed by atoms with E-state index < -0.39 is 23.5 Å². The van der Waals surface area contributed by atoms with E-state index in [2.05, 4.69) is 0 Å². The number of benzene rings is 1. The van der Waals surface area contributed by atoms with Crippen molar-refractivity contribution in [3.63, 3.8) is 0 Å². The first-order chi connectivity index (χ1) is 11.9. The first-order valence-corrected chi connectivity index (χ1v) is 9.00. The zero-order valence-corrected chi connectivity index (χ0v) is 16.7. The lowest BCUT2D eigenvalue weighted by atomic mass is 10.2. The van der Waals surface area contributed by atoms with Gasteiger partial charge in [-0.1, -0.05) is 34.8 Å². The zero-order chi connectivity index (χ0) is 20.0. The number of hydrazine groups is 1. The maximum absolute atomic E-state index is 13.0. The molecule has 0 saturated heterocycles. The minimum Gasteiger partial charge on any atom is -0.362 e. The van der Waals surface area contributed by atoms with Gasteiger partial charge in [-0.25, -0.2) is 5.01 Å². The van der Waals surface area contributed by atoms with Crippen LogP contribution in [-0.4, -0.2) is 35.2 Å². The maximum atomic E-state index is 13.0. The maximum Gasteiger partial charge on any atom is 0.416 e. The fourth-order valence-electron chi connectivity index (χ4n) is 2.41. The molecule has 12 heteroatoms. The third-order valence-electron chi connectivity index (χ3n) is 3.48. The third-order valence-corrected chi connectivity index (χ3v) is 5.39. The van der Waals surface area contributed by atoms with E-state index in [0.717, 1.165) is 4.41 Å². The average Bonchev–Trinajstić information content (AvgIpc) is 2.70. The van der Waals surface area contributed by atoms with Crippen LogP contribution in [-0.2, 0) is 6.18 Å². The Morgan fingerprint density at radius 3 is 2.00 bits per heavy atom. The van der Waals surface area contributed by atoms with Crippen molar-refractivity contribution in [1.82, 2.24) is 9.31 Å². The van der Waals surface area contributed by atoms with Crippen molar-refractivity contribution in [2.45, 2.75) is 24.9 Å². The SMILES string of the molecule is CC1C(Cl)=C(N(C)C)N(c2c(Cl)cc(C(F)(F)F)cc2Cl)N1SC(F)F. The number of alkyl halides is 5. The van der Waals surface area contributed by atoms with Crippen LogP contribution in [0, 0.1) is 0 Å². The summed E-state index contributed by atoms with van der Waals surface area (Å²) in [5, 5.41) is 0.731. The van der Waals surface area contributed by atoms with Gasteiger partial charge in [0.2, 0.25) is 0 Å². The average molecular weight is 457 g/mol.